The summed E-state index contributed by atoms with van der Waals surface area (Å²) in [6.45, 7) is 6.50. The lowest BCUT2D eigenvalue weighted by Gasteiger charge is -2.24. The van der Waals surface area contributed by atoms with Gasteiger partial charge in [-0.1, -0.05) is 6.92 Å². The molecule has 4 nitrogen and oxygen atoms in total. The normalized spacial score (nSPS) is 18.5. The molecule has 2 aromatic rings. The molecular formula is C16H24N4S. The molecule has 0 unspecified atom stereocenters. The zero-order valence-electron chi connectivity index (χ0n) is 12.7. The maximum absolute atomic E-state index is 4.95. The standard InChI is InChI=1S/C16H24N4S/c1-2-17-9-14-15(18-16-20(14)7-8-21-16)19(10-12-3-4-12)11-13-5-6-13/h7-8,12-13,17H,2-6,9-11H2,1H3. The fraction of sp³-hybridized carbons (Fsp3) is 0.688. The minimum Gasteiger partial charge on any atom is -0.354 e. The van der Waals surface area contributed by atoms with Crippen molar-refractivity contribution >= 4 is 22.1 Å². The Hall–Kier alpha value is -1.07. The second-order valence-corrected chi connectivity index (χ2v) is 7.38. The van der Waals surface area contributed by atoms with Gasteiger partial charge in [-0.3, -0.25) is 4.40 Å². The molecule has 0 radical (unpaired) electrons. The predicted octanol–water partition coefficient (Wildman–Crippen LogP) is 3.13. The molecule has 0 aromatic carbocycles. The van der Waals surface area contributed by atoms with Gasteiger partial charge in [-0.05, 0) is 44.1 Å². The molecule has 0 bridgehead atoms. The van der Waals surface area contributed by atoms with Crippen molar-refractivity contribution in [1.29, 1.82) is 0 Å². The number of imidazole rings is 1. The van der Waals surface area contributed by atoms with E-state index in [1.165, 1.54) is 50.3 Å². The van der Waals surface area contributed by atoms with Crippen LogP contribution in [0.2, 0.25) is 0 Å². The van der Waals surface area contributed by atoms with E-state index in [1.54, 1.807) is 11.3 Å². The van der Waals surface area contributed by atoms with Crippen LogP contribution in [0.25, 0.3) is 4.96 Å². The summed E-state index contributed by atoms with van der Waals surface area (Å²) >= 11 is 1.74. The molecule has 1 N–H and O–H groups in total. The van der Waals surface area contributed by atoms with Gasteiger partial charge in [-0.2, -0.15) is 0 Å². The molecule has 114 valence electrons. The molecule has 0 saturated heterocycles. The number of rotatable bonds is 8. The van der Waals surface area contributed by atoms with Crippen molar-refractivity contribution in [2.75, 3.05) is 24.5 Å². The Morgan fingerprint density at radius 2 is 2.00 bits per heavy atom. The maximum atomic E-state index is 4.95. The van der Waals surface area contributed by atoms with Crippen molar-refractivity contribution in [1.82, 2.24) is 14.7 Å². The Balaban J connectivity index is 1.65. The average Bonchev–Trinajstić information content (AvgIpc) is 3.38. The van der Waals surface area contributed by atoms with Crippen LogP contribution in [-0.2, 0) is 6.54 Å². The third-order valence-corrected chi connectivity index (χ3v) is 5.29. The average molecular weight is 304 g/mol. The van der Waals surface area contributed by atoms with Crippen LogP contribution < -0.4 is 10.2 Å². The minimum absolute atomic E-state index is 0.912. The summed E-state index contributed by atoms with van der Waals surface area (Å²) < 4.78 is 2.27. The first-order valence-corrected chi connectivity index (χ1v) is 9.13. The molecule has 4 rings (SSSR count). The van der Waals surface area contributed by atoms with Crippen molar-refractivity contribution in [3.05, 3.63) is 17.3 Å². The van der Waals surface area contributed by atoms with Crippen molar-refractivity contribution < 1.29 is 0 Å². The van der Waals surface area contributed by atoms with E-state index in [0.29, 0.717) is 0 Å². The number of nitrogens with zero attached hydrogens (tertiary/aromatic N) is 3. The zero-order valence-corrected chi connectivity index (χ0v) is 13.5. The van der Waals surface area contributed by atoms with Crippen LogP contribution in [-0.4, -0.2) is 29.0 Å². The van der Waals surface area contributed by atoms with Crippen molar-refractivity contribution in [3.8, 4) is 0 Å². The molecule has 2 fully saturated rings. The van der Waals surface area contributed by atoms with Crippen LogP contribution in [0.15, 0.2) is 11.6 Å². The van der Waals surface area contributed by atoms with E-state index < -0.39 is 0 Å². The number of fused-ring (bicyclic) bond motifs is 1. The van der Waals surface area contributed by atoms with Crippen molar-refractivity contribution in [3.63, 3.8) is 0 Å². The first-order valence-electron chi connectivity index (χ1n) is 8.25. The van der Waals surface area contributed by atoms with Crippen LogP contribution in [0.5, 0.6) is 0 Å². The van der Waals surface area contributed by atoms with Crippen molar-refractivity contribution in [2.24, 2.45) is 11.8 Å². The first kappa shape index (κ1) is 13.6. The van der Waals surface area contributed by atoms with E-state index in [9.17, 15) is 0 Å². The highest BCUT2D eigenvalue weighted by molar-refractivity contribution is 7.15. The lowest BCUT2D eigenvalue weighted by molar-refractivity contribution is 0.657. The summed E-state index contributed by atoms with van der Waals surface area (Å²) in [6.07, 6.45) is 7.80. The highest BCUT2D eigenvalue weighted by Gasteiger charge is 2.31. The predicted molar refractivity (Wildman–Crippen MR) is 88.1 cm³/mol. The van der Waals surface area contributed by atoms with E-state index in [1.807, 2.05) is 0 Å². The van der Waals surface area contributed by atoms with Gasteiger partial charge in [0.05, 0.1) is 5.69 Å². The number of thiazole rings is 1. The van der Waals surface area contributed by atoms with E-state index in [4.69, 9.17) is 4.98 Å². The highest BCUT2D eigenvalue weighted by atomic mass is 32.1. The Kier molecular flexibility index (Phi) is 3.63. The van der Waals surface area contributed by atoms with Gasteiger partial charge in [0.25, 0.3) is 0 Å². The fourth-order valence-electron chi connectivity index (χ4n) is 2.95. The largest absolute Gasteiger partial charge is 0.354 e. The number of anilines is 1. The molecule has 0 spiro atoms. The second kappa shape index (κ2) is 5.61. The lowest BCUT2D eigenvalue weighted by Crippen LogP contribution is -2.30. The number of hydrogen-bond donors (Lipinski definition) is 1. The summed E-state index contributed by atoms with van der Waals surface area (Å²) in [5.41, 5.74) is 1.34. The van der Waals surface area contributed by atoms with Gasteiger partial charge in [0.15, 0.2) is 10.8 Å². The lowest BCUT2D eigenvalue weighted by atomic mass is 10.3. The zero-order chi connectivity index (χ0) is 14.2. The summed E-state index contributed by atoms with van der Waals surface area (Å²) in [5.74, 6) is 3.06. The third-order valence-electron chi connectivity index (χ3n) is 4.53. The third kappa shape index (κ3) is 2.94. The van der Waals surface area contributed by atoms with Crippen LogP contribution in [0.3, 0.4) is 0 Å². The van der Waals surface area contributed by atoms with Crippen LogP contribution in [0, 0.1) is 11.8 Å². The number of hydrogen-bond acceptors (Lipinski definition) is 4. The summed E-state index contributed by atoms with van der Waals surface area (Å²) in [7, 11) is 0. The van der Waals surface area contributed by atoms with E-state index >= 15 is 0 Å². The Labute approximate surface area is 130 Å². The summed E-state index contributed by atoms with van der Waals surface area (Å²) in [6, 6.07) is 0. The Morgan fingerprint density at radius 3 is 2.62 bits per heavy atom. The molecule has 2 aliphatic carbocycles. The van der Waals surface area contributed by atoms with Gasteiger partial charge in [-0.25, -0.2) is 4.98 Å². The van der Waals surface area contributed by atoms with Crippen LogP contribution >= 0.6 is 11.3 Å². The van der Waals surface area contributed by atoms with Gasteiger partial charge in [0, 0.05) is 31.2 Å². The topological polar surface area (TPSA) is 32.6 Å². The molecule has 2 aromatic heterocycles. The summed E-state index contributed by atoms with van der Waals surface area (Å²) in [4.78, 5) is 8.67. The molecule has 2 saturated carbocycles. The second-order valence-electron chi connectivity index (χ2n) is 6.51. The molecule has 21 heavy (non-hydrogen) atoms. The highest BCUT2D eigenvalue weighted by Crippen LogP contribution is 2.37. The SMILES string of the molecule is CCNCc1c(N(CC2CC2)CC2CC2)nc2sccn12. The first-order chi connectivity index (χ1) is 10.3. The quantitative estimate of drug-likeness (QED) is 0.813. The molecule has 0 atom stereocenters. The molecule has 2 heterocycles. The van der Waals surface area contributed by atoms with Gasteiger partial charge in [0.2, 0.25) is 0 Å². The monoisotopic (exact) mass is 304 g/mol. The molecule has 2 aliphatic rings. The molecule has 0 aliphatic heterocycles. The van der Waals surface area contributed by atoms with Crippen LogP contribution in [0.1, 0.15) is 38.3 Å². The van der Waals surface area contributed by atoms with Crippen molar-refractivity contribution in [2.45, 2.75) is 39.2 Å². The Morgan fingerprint density at radius 1 is 1.29 bits per heavy atom. The fourth-order valence-corrected chi connectivity index (χ4v) is 3.68. The molecule has 5 heteroatoms. The number of nitrogens with one attached hydrogen (secondary N) is 1. The number of aromatic nitrogens is 2. The van der Waals surface area contributed by atoms with E-state index in [-0.39, 0.29) is 0 Å². The van der Waals surface area contributed by atoms with Gasteiger partial charge >= 0.3 is 0 Å². The van der Waals surface area contributed by atoms with Gasteiger partial charge < -0.3 is 10.2 Å². The smallest absolute Gasteiger partial charge is 0.195 e. The maximum Gasteiger partial charge on any atom is 0.195 e. The van der Waals surface area contributed by atoms with E-state index in [2.05, 4.69) is 33.1 Å². The van der Waals surface area contributed by atoms with Crippen LogP contribution in [0.4, 0.5) is 5.82 Å². The Bertz CT molecular complexity index is 595. The van der Waals surface area contributed by atoms with Gasteiger partial charge in [-0.15, -0.1) is 11.3 Å². The molecular weight excluding hydrogens is 280 g/mol. The van der Waals surface area contributed by atoms with E-state index in [0.717, 1.165) is 29.9 Å². The van der Waals surface area contributed by atoms with Gasteiger partial charge in [0.1, 0.15) is 0 Å². The molecule has 0 amide bonds. The summed E-state index contributed by atoms with van der Waals surface area (Å²) in [5, 5.41) is 5.62. The minimum atomic E-state index is 0.912.